The molecule has 0 amide bonds. The molecule has 0 spiro atoms. The van der Waals surface area contributed by atoms with Crippen molar-refractivity contribution in [3.05, 3.63) is 0 Å². The largest absolute Gasteiger partial charge is 1.00 e. The van der Waals surface area contributed by atoms with Crippen LogP contribution in [0.25, 0.3) is 0 Å². The lowest BCUT2D eigenvalue weighted by molar-refractivity contribution is -0.924. The van der Waals surface area contributed by atoms with Gasteiger partial charge in [0.25, 0.3) is 0 Å². The van der Waals surface area contributed by atoms with Crippen LogP contribution >= 0.6 is 15.4 Å². The van der Waals surface area contributed by atoms with Gasteiger partial charge in [-0.1, -0.05) is 6.92 Å². The number of phosphoric acid groups is 1. The first-order chi connectivity index (χ1) is 8.83. The fourth-order valence-corrected chi connectivity index (χ4v) is 4.75. The van der Waals surface area contributed by atoms with Crippen LogP contribution in [0, 0.1) is 5.92 Å². The fourth-order valence-electron chi connectivity index (χ4n) is 2.99. The second-order valence-electron chi connectivity index (χ2n) is 6.06. The van der Waals surface area contributed by atoms with Gasteiger partial charge in [0.2, 0.25) is 0 Å². The highest BCUT2D eigenvalue weighted by atomic mass is 35.5. The number of rotatable bonds is 5. The topological polar surface area (TPSA) is 124 Å². The molecule has 0 aromatic heterocycles. The first kappa shape index (κ1) is 21.5. The second kappa shape index (κ2) is 7.39. The van der Waals surface area contributed by atoms with Crippen LogP contribution < -0.4 is 12.4 Å². The predicted octanol–water partition coefficient (Wildman–Crippen LogP) is -2.13. The summed E-state index contributed by atoms with van der Waals surface area (Å²) < 4.78 is 27.2. The molecule has 1 fully saturated rings. The lowest BCUT2D eigenvalue weighted by Crippen LogP contribution is -3.00. The van der Waals surface area contributed by atoms with Crippen molar-refractivity contribution in [1.29, 1.82) is 0 Å². The van der Waals surface area contributed by atoms with Crippen molar-refractivity contribution in [2.24, 2.45) is 5.92 Å². The maximum absolute atomic E-state index is 11.4. The minimum Gasteiger partial charge on any atom is -1.00 e. The maximum atomic E-state index is 11.4. The Hall–Kier alpha value is 0.510. The Morgan fingerprint density at radius 2 is 1.76 bits per heavy atom. The first-order valence-corrected chi connectivity index (χ1v) is 9.66. The Morgan fingerprint density at radius 3 is 2.14 bits per heavy atom. The molecule has 0 saturated carbocycles. The SMILES string of the molecule is CC1CCC[N+](C)(C)C1CC(OP(=O)(O)O)P(=O)(O)O.[Cl-]. The van der Waals surface area contributed by atoms with Gasteiger partial charge in [0.05, 0.1) is 26.7 Å². The summed E-state index contributed by atoms with van der Waals surface area (Å²) in [6, 6.07) is -0.118. The molecule has 1 saturated heterocycles. The van der Waals surface area contributed by atoms with E-state index in [9.17, 15) is 18.9 Å². The average Bonchev–Trinajstić information content (AvgIpc) is 2.18. The van der Waals surface area contributed by atoms with Crippen LogP contribution in [-0.2, 0) is 13.7 Å². The summed E-state index contributed by atoms with van der Waals surface area (Å²) in [4.78, 5) is 36.2. The van der Waals surface area contributed by atoms with Gasteiger partial charge in [-0.05, 0) is 12.8 Å². The zero-order valence-electron chi connectivity index (χ0n) is 12.3. The van der Waals surface area contributed by atoms with Gasteiger partial charge < -0.3 is 36.5 Å². The van der Waals surface area contributed by atoms with Crippen LogP contribution in [0.5, 0.6) is 0 Å². The molecule has 1 rings (SSSR count). The van der Waals surface area contributed by atoms with E-state index in [-0.39, 0.29) is 30.8 Å². The van der Waals surface area contributed by atoms with E-state index >= 15 is 0 Å². The highest BCUT2D eigenvalue weighted by Crippen LogP contribution is 2.53. The molecule has 0 aromatic rings. The van der Waals surface area contributed by atoms with Crippen molar-refractivity contribution < 1.29 is 50.1 Å². The van der Waals surface area contributed by atoms with E-state index in [1.165, 1.54) is 0 Å². The van der Waals surface area contributed by atoms with Gasteiger partial charge in [0.15, 0.2) is 5.85 Å². The van der Waals surface area contributed by atoms with Crippen molar-refractivity contribution in [1.82, 2.24) is 0 Å². The molecule has 1 aliphatic rings. The molecular formula is C10H24ClNO7P2. The maximum Gasteiger partial charge on any atom is 0.470 e. The van der Waals surface area contributed by atoms with E-state index in [0.29, 0.717) is 4.48 Å². The van der Waals surface area contributed by atoms with E-state index < -0.39 is 21.3 Å². The molecule has 4 N–H and O–H groups in total. The summed E-state index contributed by atoms with van der Waals surface area (Å²) in [5.74, 6) is -1.57. The normalized spacial score (nSPS) is 27.8. The van der Waals surface area contributed by atoms with Crippen LogP contribution in [0.15, 0.2) is 0 Å². The van der Waals surface area contributed by atoms with Crippen molar-refractivity contribution >= 4 is 15.4 Å². The van der Waals surface area contributed by atoms with Crippen molar-refractivity contribution in [2.75, 3.05) is 20.6 Å². The Bertz CT molecular complexity index is 435. The van der Waals surface area contributed by atoms with Crippen LogP contribution in [0.1, 0.15) is 26.2 Å². The molecule has 1 aliphatic heterocycles. The van der Waals surface area contributed by atoms with Crippen LogP contribution in [0.3, 0.4) is 0 Å². The zero-order valence-corrected chi connectivity index (χ0v) is 14.8. The summed E-state index contributed by atoms with van der Waals surface area (Å²) in [5.41, 5.74) is 0. The smallest absolute Gasteiger partial charge is 0.470 e. The standard InChI is InChI=1S/C10H23NO7P2.ClH/c1-8-5-4-6-11(2,3)9(8)7-10(19(12,13)14)18-20(15,16)17;/h8-10H,4-7H2,1-3H3,(H3-,12,13,14,15,16,17);1H. The number of quaternary nitrogens is 1. The highest BCUT2D eigenvalue weighted by Gasteiger charge is 2.45. The molecule has 3 unspecified atom stereocenters. The fraction of sp³-hybridized carbons (Fsp3) is 1.00. The lowest BCUT2D eigenvalue weighted by atomic mass is 9.87. The minimum atomic E-state index is -4.95. The molecule has 11 heteroatoms. The summed E-state index contributed by atoms with van der Waals surface area (Å²) in [7, 11) is -5.79. The molecule has 0 radical (unpaired) electrons. The lowest BCUT2D eigenvalue weighted by Gasteiger charge is -2.46. The van der Waals surface area contributed by atoms with Gasteiger partial charge in [0.1, 0.15) is 0 Å². The third-order valence-electron chi connectivity index (χ3n) is 4.03. The van der Waals surface area contributed by atoms with E-state index in [1.54, 1.807) is 0 Å². The molecule has 0 aliphatic carbocycles. The van der Waals surface area contributed by atoms with E-state index in [0.717, 1.165) is 19.4 Å². The molecule has 1 heterocycles. The molecule has 0 bridgehead atoms. The number of nitrogens with zero attached hydrogens (tertiary/aromatic N) is 1. The van der Waals surface area contributed by atoms with Crippen molar-refractivity contribution in [2.45, 2.75) is 38.1 Å². The van der Waals surface area contributed by atoms with Gasteiger partial charge >= 0.3 is 15.4 Å². The quantitative estimate of drug-likeness (QED) is 0.323. The zero-order chi connectivity index (χ0) is 15.8. The molecule has 128 valence electrons. The summed E-state index contributed by atoms with van der Waals surface area (Å²) in [6.45, 7) is 2.84. The monoisotopic (exact) mass is 367 g/mol. The second-order valence-corrected chi connectivity index (χ2v) is 9.01. The predicted molar refractivity (Wildman–Crippen MR) is 72.7 cm³/mol. The Balaban J connectivity index is 0.00000400. The summed E-state index contributed by atoms with van der Waals surface area (Å²) in [6.07, 6.45) is 1.87. The number of hydrogen-bond acceptors (Lipinski definition) is 3. The molecule has 0 aromatic carbocycles. The van der Waals surface area contributed by atoms with E-state index in [1.807, 2.05) is 21.0 Å². The molecule has 3 atom stereocenters. The van der Waals surface area contributed by atoms with Gasteiger partial charge in [-0.25, -0.2) is 4.57 Å². The summed E-state index contributed by atoms with van der Waals surface area (Å²) >= 11 is 0. The molecule has 8 nitrogen and oxygen atoms in total. The number of likely N-dealkylation sites (tertiary alicyclic amines) is 1. The van der Waals surface area contributed by atoms with Crippen LogP contribution in [0.2, 0.25) is 0 Å². The van der Waals surface area contributed by atoms with Crippen LogP contribution in [0.4, 0.5) is 0 Å². The minimum absolute atomic E-state index is 0. The third-order valence-corrected chi connectivity index (χ3v) is 5.79. The molecule has 21 heavy (non-hydrogen) atoms. The number of phosphoric ester groups is 1. The third kappa shape index (κ3) is 6.65. The van der Waals surface area contributed by atoms with Gasteiger partial charge in [-0.3, -0.25) is 9.09 Å². The number of piperidine rings is 1. The Kier molecular flexibility index (Phi) is 7.57. The van der Waals surface area contributed by atoms with Gasteiger partial charge in [-0.2, -0.15) is 0 Å². The average molecular weight is 368 g/mol. The summed E-state index contributed by atoms with van der Waals surface area (Å²) in [5, 5.41) is 0. The van der Waals surface area contributed by atoms with Gasteiger partial charge in [0, 0.05) is 12.3 Å². The first-order valence-electron chi connectivity index (χ1n) is 6.45. The van der Waals surface area contributed by atoms with E-state index in [2.05, 4.69) is 4.52 Å². The van der Waals surface area contributed by atoms with Crippen LogP contribution in [-0.4, -0.2) is 56.6 Å². The number of halogens is 1. The highest BCUT2D eigenvalue weighted by molar-refractivity contribution is 7.53. The van der Waals surface area contributed by atoms with Crippen molar-refractivity contribution in [3.63, 3.8) is 0 Å². The Morgan fingerprint density at radius 1 is 1.24 bits per heavy atom. The number of hydrogen-bond donors (Lipinski definition) is 4. The molecular weight excluding hydrogens is 344 g/mol. The van der Waals surface area contributed by atoms with Gasteiger partial charge in [-0.15, -0.1) is 0 Å². The Labute approximate surface area is 130 Å². The van der Waals surface area contributed by atoms with Crippen molar-refractivity contribution in [3.8, 4) is 0 Å². The van der Waals surface area contributed by atoms with E-state index in [4.69, 9.17) is 9.79 Å².